The molecule has 0 nitrogen and oxygen atoms in total. The topological polar surface area (TPSA) is 0 Å². The Balaban J connectivity index is 3.07. The molecule has 0 heteroatoms. The predicted molar refractivity (Wildman–Crippen MR) is 55.0 cm³/mol. The van der Waals surface area contributed by atoms with Crippen LogP contribution in [-0.2, 0) is 0 Å². The minimum Gasteiger partial charge on any atom is -0.0849 e. The normalized spacial score (nSPS) is 38.2. The maximum absolute atomic E-state index is 2.39. The van der Waals surface area contributed by atoms with Crippen LogP contribution in [0.15, 0.2) is 12.2 Å². The highest BCUT2D eigenvalue weighted by molar-refractivity contribution is 5.10. The molecular formula is C12H22. The fourth-order valence-corrected chi connectivity index (χ4v) is 1.99. The molecule has 0 bridgehead atoms. The highest BCUT2D eigenvalue weighted by atomic mass is 14.5. The highest BCUT2D eigenvalue weighted by Crippen LogP contribution is 2.52. The van der Waals surface area contributed by atoms with E-state index in [1.165, 1.54) is 0 Å². The van der Waals surface area contributed by atoms with Gasteiger partial charge in [-0.05, 0) is 22.7 Å². The van der Waals surface area contributed by atoms with Crippen molar-refractivity contribution < 1.29 is 0 Å². The molecule has 0 aliphatic heterocycles. The van der Waals surface area contributed by atoms with Crippen LogP contribution in [0.25, 0.3) is 0 Å². The molecule has 0 aromatic heterocycles. The van der Waals surface area contributed by atoms with Crippen LogP contribution in [0.2, 0.25) is 0 Å². The summed E-state index contributed by atoms with van der Waals surface area (Å²) in [7, 11) is 0. The predicted octanol–water partition coefficient (Wildman–Crippen LogP) is 3.88. The minimum atomic E-state index is 0.418. The van der Waals surface area contributed by atoms with Crippen molar-refractivity contribution in [1.29, 1.82) is 0 Å². The van der Waals surface area contributed by atoms with Crippen LogP contribution in [0, 0.1) is 22.7 Å². The number of rotatable bonds is 0. The Hall–Kier alpha value is -0.260. The third-order valence-electron chi connectivity index (χ3n) is 4.63. The third kappa shape index (κ3) is 1.12. The van der Waals surface area contributed by atoms with E-state index in [0.717, 1.165) is 0 Å². The molecule has 1 aliphatic rings. The first-order valence-corrected chi connectivity index (χ1v) is 4.98. The van der Waals surface area contributed by atoms with Gasteiger partial charge in [-0.2, -0.15) is 0 Å². The molecule has 0 aromatic rings. The van der Waals surface area contributed by atoms with Crippen LogP contribution in [0.1, 0.15) is 41.5 Å². The summed E-state index contributed by atoms with van der Waals surface area (Å²) >= 11 is 0. The smallest absolute Gasteiger partial charge is 0.0205 e. The third-order valence-corrected chi connectivity index (χ3v) is 4.63. The molecule has 0 aromatic carbocycles. The zero-order chi connectivity index (χ0) is 9.57. The lowest BCUT2D eigenvalue weighted by atomic mass is 9.54. The zero-order valence-electron chi connectivity index (χ0n) is 9.31. The molecule has 2 unspecified atom stereocenters. The van der Waals surface area contributed by atoms with Gasteiger partial charge in [-0.1, -0.05) is 53.7 Å². The second-order valence-electron chi connectivity index (χ2n) is 5.41. The van der Waals surface area contributed by atoms with Crippen LogP contribution in [-0.4, -0.2) is 0 Å². The van der Waals surface area contributed by atoms with E-state index in [1.54, 1.807) is 0 Å². The number of hydrogen-bond donors (Lipinski definition) is 0. The van der Waals surface area contributed by atoms with Crippen LogP contribution in [0.5, 0.6) is 0 Å². The van der Waals surface area contributed by atoms with Gasteiger partial charge in [-0.25, -0.2) is 0 Å². The molecule has 2 atom stereocenters. The lowest BCUT2D eigenvalue weighted by Crippen LogP contribution is -2.43. The summed E-state index contributed by atoms with van der Waals surface area (Å²) in [6, 6.07) is 0. The molecule has 0 radical (unpaired) electrons. The van der Waals surface area contributed by atoms with Gasteiger partial charge in [-0.15, -0.1) is 0 Å². The number of hydrogen-bond acceptors (Lipinski definition) is 0. The Kier molecular flexibility index (Phi) is 2.14. The van der Waals surface area contributed by atoms with E-state index in [-0.39, 0.29) is 0 Å². The van der Waals surface area contributed by atoms with E-state index in [4.69, 9.17) is 0 Å². The minimum absolute atomic E-state index is 0.418. The van der Waals surface area contributed by atoms with Crippen molar-refractivity contribution in [2.45, 2.75) is 41.5 Å². The van der Waals surface area contributed by atoms with Crippen LogP contribution >= 0.6 is 0 Å². The van der Waals surface area contributed by atoms with E-state index in [9.17, 15) is 0 Å². The standard InChI is InChI=1S/C12H22/c1-9-7-8-10(2)12(5,6)11(9,3)4/h7-10H,1-6H3. The van der Waals surface area contributed by atoms with Crippen LogP contribution in [0.4, 0.5) is 0 Å². The summed E-state index contributed by atoms with van der Waals surface area (Å²) < 4.78 is 0. The Morgan fingerprint density at radius 2 is 1.00 bits per heavy atom. The molecule has 1 rings (SSSR count). The first kappa shape index (κ1) is 9.83. The zero-order valence-corrected chi connectivity index (χ0v) is 9.31. The molecule has 0 heterocycles. The van der Waals surface area contributed by atoms with Gasteiger partial charge in [0, 0.05) is 0 Å². The molecule has 0 N–H and O–H groups in total. The summed E-state index contributed by atoms with van der Waals surface area (Å²) in [5.41, 5.74) is 0.836. The fraction of sp³-hybridized carbons (Fsp3) is 0.833. The maximum Gasteiger partial charge on any atom is -0.0205 e. The highest BCUT2D eigenvalue weighted by Gasteiger charge is 2.45. The van der Waals surface area contributed by atoms with Gasteiger partial charge in [0.05, 0.1) is 0 Å². The Bertz CT molecular complexity index is 174. The molecule has 12 heavy (non-hydrogen) atoms. The molecule has 0 spiro atoms. The van der Waals surface area contributed by atoms with Gasteiger partial charge in [0.2, 0.25) is 0 Å². The largest absolute Gasteiger partial charge is 0.0849 e. The lowest BCUT2D eigenvalue weighted by molar-refractivity contribution is 0.0225. The van der Waals surface area contributed by atoms with Crippen molar-refractivity contribution in [2.75, 3.05) is 0 Å². The van der Waals surface area contributed by atoms with Crippen molar-refractivity contribution in [3.63, 3.8) is 0 Å². The fourth-order valence-electron chi connectivity index (χ4n) is 1.99. The average Bonchev–Trinajstić information content (AvgIpc) is 1.96. The van der Waals surface area contributed by atoms with Gasteiger partial charge < -0.3 is 0 Å². The molecule has 0 saturated heterocycles. The Morgan fingerprint density at radius 1 is 0.750 bits per heavy atom. The van der Waals surface area contributed by atoms with Gasteiger partial charge in [0.25, 0.3) is 0 Å². The van der Waals surface area contributed by atoms with Gasteiger partial charge in [-0.3, -0.25) is 0 Å². The molecule has 0 fully saturated rings. The van der Waals surface area contributed by atoms with Crippen molar-refractivity contribution in [2.24, 2.45) is 22.7 Å². The van der Waals surface area contributed by atoms with Crippen LogP contribution in [0.3, 0.4) is 0 Å². The second-order valence-corrected chi connectivity index (χ2v) is 5.41. The van der Waals surface area contributed by atoms with E-state index < -0.39 is 0 Å². The van der Waals surface area contributed by atoms with Crippen molar-refractivity contribution >= 4 is 0 Å². The Morgan fingerprint density at radius 3 is 1.25 bits per heavy atom. The summed E-state index contributed by atoms with van der Waals surface area (Å²) in [5.74, 6) is 1.40. The summed E-state index contributed by atoms with van der Waals surface area (Å²) in [5, 5.41) is 0. The van der Waals surface area contributed by atoms with Gasteiger partial charge in [0.1, 0.15) is 0 Å². The average molecular weight is 166 g/mol. The van der Waals surface area contributed by atoms with E-state index in [2.05, 4.69) is 53.7 Å². The van der Waals surface area contributed by atoms with Crippen molar-refractivity contribution in [1.82, 2.24) is 0 Å². The van der Waals surface area contributed by atoms with E-state index >= 15 is 0 Å². The second kappa shape index (κ2) is 2.61. The molecule has 0 saturated carbocycles. The molecule has 70 valence electrons. The van der Waals surface area contributed by atoms with Gasteiger partial charge in [0.15, 0.2) is 0 Å². The quantitative estimate of drug-likeness (QED) is 0.479. The molecular weight excluding hydrogens is 144 g/mol. The maximum atomic E-state index is 2.39. The van der Waals surface area contributed by atoms with Crippen LogP contribution < -0.4 is 0 Å². The van der Waals surface area contributed by atoms with Crippen molar-refractivity contribution in [3.8, 4) is 0 Å². The SMILES string of the molecule is CC1C=CC(C)C(C)(C)C1(C)C. The lowest BCUT2D eigenvalue weighted by Gasteiger charge is -2.51. The van der Waals surface area contributed by atoms with E-state index in [0.29, 0.717) is 22.7 Å². The molecule has 1 aliphatic carbocycles. The number of allylic oxidation sites excluding steroid dienone is 2. The monoisotopic (exact) mass is 166 g/mol. The molecule has 0 amide bonds. The van der Waals surface area contributed by atoms with Gasteiger partial charge >= 0.3 is 0 Å². The van der Waals surface area contributed by atoms with Crippen molar-refractivity contribution in [3.05, 3.63) is 12.2 Å². The first-order valence-electron chi connectivity index (χ1n) is 4.98. The summed E-state index contributed by atoms with van der Waals surface area (Å²) in [6.45, 7) is 14.2. The summed E-state index contributed by atoms with van der Waals surface area (Å²) in [6.07, 6.45) is 4.74. The summed E-state index contributed by atoms with van der Waals surface area (Å²) in [4.78, 5) is 0. The first-order chi connectivity index (χ1) is 5.30. The van der Waals surface area contributed by atoms with E-state index in [1.807, 2.05) is 0 Å². The Labute approximate surface area is 77.1 Å².